The Morgan fingerprint density at radius 3 is 2.71 bits per heavy atom. The van der Waals surface area contributed by atoms with E-state index in [1.54, 1.807) is 0 Å². The van der Waals surface area contributed by atoms with Crippen LogP contribution in [0.2, 0.25) is 0 Å². The second-order valence-electron chi connectivity index (χ2n) is 8.90. The fourth-order valence-electron chi connectivity index (χ4n) is 3.81. The minimum absolute atomic E-state index is 0.0187. The molecule has 0 aliphatic rings. The summed E-state index contributed by atoms with van der Waals surface area (Å²) in [5.41, 5.74) is 2.75. The number of rotatable bonds is 13. The maximum atomic E-state index is 13.0. The number of benzene rings is 1. The van der Waals surface area contributed by atoms with Crippen LogP contribution in [0.5, 0.6) is 0 Å². The lowest BCUT2D eigenvalue weighted by Crippen LogP contribution is -2.41. The molecule has 1 atom stereocenters. The van der Waals surface area contributed by atoms with E-state index in [1.165, 1.54) is 0 Å². The van der Waals surface area contributed by atoms with Crippen molar-refractivity contribution in [3.63, 3.8) is 0 Å². The third-order valence-electron chi connectivity index (χ3n) is 5.45. The third kappa shape index (κ3) is 7.48. The number of aryl methyl sites for hydroxylation is 1. The number of para-hydroxylation sites is 1. The highest BCUT2D eigenvalue weighted by Crippen LogP contribution is 2.23. The molecule has 0 unspecified atom stereocenters. The zero-order valence-electron chi connectivity index (χ0n) is 20.8. The van der Waals surface area contributed by atoms with Gasteiger partial charge in [-0.1, -0.05) is 45.4 Å². The van der Waals surface area contributed by atoms with Gasteiger partial charge in [0.2, 0.25) is 5.91 Å². The van der Waals surface area contributed by atoms with E-state index in [4.69, 9.17) is 14.7 Å². The minimum atomic E-state index is -0.376. The summed E-state index contributed by atoms with van der Waals surface area (Å²) in [6, 6.07) is 11.6. The molecule has 2 aromatic heterocycles. The van der Waals surface area contributed by atoms with Crippen LogP contribution in [0.25, 0.3) is 22.3 Å². The second-order valence-corrected chi connectivity index (χ2v) is 8.90. The number of hydrogen-bond acceptors (Lipinski definition) is 6. The Bertz CT molecular complexity index is 1070. The molecular formula is C27H37N5O2. The van der Waals surface area contributed by atoms with Crippen LogP contribution in [0, 0.1) is 5.92 Å². The molecule has 7 nitrogen and oxygen atoms in total. The summed E-state index contributed by atoms with van der Waals surface area (Å²) in [6.07, 6.45) is 5.12. The van der Waals surface area contributed by atoms with Crippen LogP contribution in [0.3, 0.4) is 0 Å². The maximum Gasteiger partial charge on any atom is 0.242 e. The molecule has 1 amide bonds. The van der Waals surface area contributed by atoms with Gasteiger partial charge >= 0.3 is 0 Å². The van der Waals surface area contributed by atoms with Crippen LogP contribution in [-0.2, 0) is 16.0 Å². The van der Waals surface area contributed by atoms with Gasteiger partial charge in [0.15, 0.2) is 5.82 Å². The first-order valence-corrected chi connectivity index (χ1v) is 12.3. The summed E-state index contributed by atoms with van der Waals surface area (Å²) >= 11 is 0. The van der Waals surface area contributed by atoms with Crippen LogP contribution in [0.15, 0.2) is 42.6 Å². The van der Waals surface area contributed by atoms with Crippen molar-refractivity contribution in [2.24, 2.45) is 5.92 Å². The van der Waals surface area contributed by atoms with Gasteiger partial charge in [-0.3, -0.25) is 9.78 Å². The summed E-state index contributed by atoms with van der Waals surface area (Å²) < 4.78 is 5.37. The first-order valence-electron chi connectivity index (χ1n) is 12.3. The Balaban J connectivity index is 1.83. The zero-order chi connectivity index (χ0) is 24.3. The molecule has 0 spiro atoms. The van der Waals surface area contributed by atoms with Gasteiger partial charge in [-0.25, -0.2) is 9.97 Å². The number of fused-ring (bicyclic) bond motifs is 1. The monoisotopic (exact) mass is 463 g/mol. The summed E-state index contributed by atoms with van der Waals surface area (Å²) in [6.45, 7) is 10.3. The van der Waals surface area contributed by atoms with Gasteiger partial charge in [-0.15, -0.1) is 0 Å². The Morgan fingerprint density at radius 2 is 1.94 bits per heavy atom. The van der Waals surface area contributed by atoms with Crippen molar-refractivity contribution in [1.82, 2.24) is 20.3 Å². The van der Waals surface area contributed by atoms with Crippen molar-refractivity contribution in [3.05, 3.63) is 48.3 Å². The van der Waals surface area contributed by atoms with E-state index >= 15 is 0 Å². The number of nitrogens with zero attached hydrogens (tertiary/aromatic N) is 3. The van der Waals surface area contributed by atoms with Gasteiger partial charge in [0.05, 0.1) is 5.52 Å². The molecule has 0 fully saturated rings. The van der Waals surface area contributed by atoms with Gasteiger partial charge in [-0.2, -0.15) is 0 Å². The number of carbonyl (C=O) groups is 1. The Labute approximate surface area is 202 Å². The standard InChI is InChI=1S/C27H37N5O2/c1-5-10-22-17-25(31-24(15-19(3)4)27(33)28-13-9-14-34-6-2)32-26(30-22)21-16-20-11-7-8-12-23(20)29-18-21/h7-8,11-12,16-19,24H,5-6,9-10,13-15H2,1-4H3,(H,28,33)(H,30,31,32)/t24-/m0/s1. The van der Waals surface area contributed by atoms with Crippen molar-refractivity contribution in [1.29, 1.82) is 0 Å². The molecule has 0 aliphatic heterocycles. The van der Waals surface area contributed by atoms with E-state index in [1.807, 2.05) is 43.5 Å². The number of ether oxygens (including phenoxy) is 1. The molecule has 0 saturated heterocycles. The minimum Gasteiger partial charge on any atom is -0.382 e. The average Bonchev–Trinajstić information content (AvgIpc) is 2.83. The number of aromatic nitrogens is 3. The molecule has 0 saturated carbocycles. The van der Waals surface area contributed by atoms with Crippen LogP contribution < -0.4 is 10.6 Å². The molecular weight excluding hydrogens is 426 g/mol. The number of hydrogen-bond donors (Lipinski definition) is 2. The highest BCUT2D eigenvalue weighted by atomic mass is 16.5. The predicted molar refractivity (Wildman–Crippen MR) is 138 cm³/mol. The molecule has 2 heterocycles. The molecule has 0 bridgehead atoms. The zero-order valence-corrected chi connectivity index (χ0v) is 20.8. The SMILES string of the molecule is CCCc1cc(N[C@@H](CC(C)C)C(=O)NCCCOCC)nc(-c2cnc3ccccc3c2)n1. The molecule has 7 heteroatoms. The van der Waals surface area contributed by atoms with Gasteiger partial charge in [-0.05, 0) is 44.2 Å². The van der Waals surface area contributed by atoms with Crippen LogP contribution in [0.4, 0.5) is 5.82 Å². The summed E-state index contributed by atoms with van der Waals surface area (Å²) in [7, 11) is 0. The lowest BCUT2D eigenvalue weighted by molar-refractivity contribution is -0.122. The van der Waals surface area contributed by atoms with Gasteiger partial charge in [0.1, 0.15) is 11.9 Å². The quantitative estimate of drug-likeness (QED) is 0.346. The third-order valence-corrected chi connectivity index (χ3v) is 5.45. The Morgan fingerprint density at radius 1 is 1.12 bits per heavy atom. The molecule has 0 radical (unpaired) electrons. The highest BCUT2D eigenvalue weighted by molar-refractivity contribution is 5.85. The average molecular weight is 464 g/mol. The van der Waals surface area contributed by atoms with Crippen molar-refractivity contribution in [2.75, 3.05) is 25.1 Å². The first kappa shape index (κ1) is 25.6. The lowest BCUT2D eigenvalue weighted by atomic mass is 10.0. The normalized spacial score (nSPS) is 12.1. The van der Waals surface area contributed by atoms with Gasteiger partial charge in [0, 0.05) is 48.7 Å². The highest BCUT2D eigenvalue weighted by Gasteiger charge is 2.21. The molecule has 3 rings (SSSR count). The molecule has 3 aromatic rings. The molecule has 2 N–H and O–H groups in total. The van der Waals surface area contributed by atoms with Gasteiger partial charge in [0.25, 0.3) is 0 Å². The molecule has 34 heavy (non-hydrogen) atoms. The second kappa shape index (κ2) is 13.0. The van der Waals surface area contributed by atoms with Crippen LogP contribution in [0.1, 0.15) is 52.7 Å². The lowest BCUT2D eigenvalue weighted by Gasteiger charge is -2.21. The van der Waals surface area contributed by atoms with E-state index in [9.17, 15) is 4.79 Å². The first-order chi connectivity index (χ1) is 16.5. The largest absolute Gasteiger partial charge is 0.382 e. The maximum absolute atomic E-state index is 13.0. The van der Waals surface area contributed by atoms with Gasteiger partial charge < -0.3 is 15.4 Å². The molecule has 1 aromatic carbocycles. The topological polar surface area (TPSA) is 89.0 Å². The number of amides is 1. The number of nitrogens with one attached hydrogen (secondary N) is 2. The van der Waals surface area contributed by atoms with E-state index in [-0.39, 0.29) is 11.9 Å². The smallest absolute Gasteiger partial charge is 0.242 e. The Hall–Kier alpha value is -3.06. The van der Waals surface area contributed by atoms with Crippen molar-refractivity contribution in [2.45, 2.75) is 59.4 Å². The predicted octanol–water partition coefficient (Wildman–Crippen LogP) is 5.01. The van der Waals surface area contributed by atoms with Crippen LogP contribution >= 0.6 is 0 Å². The number of anilines is 1. The van der Waals surface area contributed by atoms with E-state index in [2.05, 4.69) is 42.5 Å². The summed E-state index contributed by atoms with van der Waals surface area (Å²) in [5.74, 6) is 1.62. The number of carbonyl (C=O) groups excluding carboxylic acids is 1. The summed E-state index contributed by atoms with van der Waals surface area (Å²) in [4.78, 5) is 27.1. The van der Waals surface area contributed by atoms with E-state index in [0.29, 0.717) is 43.7 Å². The molecule has 0 aliphatic carbocycles. The van der Waals surface area contributed by atoms with E-state index in [0.717, 1.165) is 41.4 Å². The van der Waals surface area contributed by atoms with Crippen molar-refractivity contribution < 1.29 is 9.53 Å². The fourth-order valence-corrected chi connectivity index (χ4v) is 3.81. The van der Waals surface area contributed by atoms with E-state index < -0.39 is 0 Å². The molecule has 182 valence electrons. The number of pyridine rings is 1. The van der Waals surface area contributed by atoms with Crippen molar-refractivity contribution in [3.8, 4) is 11.4 Å². The van der Waals surface area contributed by atoms with Crippen LogP contribution in [-0.4, -0.2) is 46.7 Å². The Kier molecular flexibility index (Phi) is 9.76. The fraction of sp³-hybridized carbons (Fsp3) is 0.481. The summed E-state index contributed by atoms with van der Waals surface area (Å²) in [5, 5.41) is 7.48. The van der Waals surface area contributed by atoms with Crippen molar-refractivity contribution >= 4 is 22.6 Å².